The standard InChI is InChI=1S/C19H28FN3O/c1-6-17(19-13(3)22-23(5)14(19)4)21-12(2)11-18(24)15-7-9-16(20)10-8-15/h7-10,12,17-18,21,24H,6,11H2,1-5H3. The van der Waals surface area contributed by atoms with Crippen molar-refractivity contribution in [2.75, 3.05) is 0 Å². The molecule has 0 aliphatic heterocycles. The van der Waals surface area contributed by atoms with E-state index >= 15 is 0 Å². The molecule has 2 aromatic rings. The lowest BCUT2D eigenvalue weighted by Gasteiger charge is -2.25. The number of benzene rings is 1. The molecule has 3 unspecified atom stereocenters. The molecule has 0 saturated carbocycles. The Labute approximate surface area is 143 Å². The molecule has 1 aromatic carbocycles. The number of aliphatic hydroxyl groups is 1. The number of aryl methyl sites for hydroxylation is 2. The minimum absolute atomic E-state index is 0.119. The lowest BCUT2D eigenvalue weighted by Crippen LogP contribution is -2.32. The molecule has 0 spiro atoms. The summed E-state index contributed by atoms with van der Waals surface area (Å²) in [6, 6.07) is 6.36. The minimum atomic E-state index is -0.610. The largest absolute Gasteiger partial charge is 0.388 e. The molecule has 0 radical (unpaired) electrons. The van der Waals surface area contributed by atoms with Gasteiger partial charge in [-0.05, 0) is 51.3 Å². The van der Waals surface area contributed by atoms with Crippen molar-refractivity contribution in [3.05, 3.63) is 52.6 Å². The second-order valence-corrected chi connectivity index (χ2v) is 6.54. The van der Waals surface area contributed by atoms with Gasteiger partial charge < -0.3 is 10.4 Å². The predicted octanol–water partition coefficient (Wildman–Crippen LogP) is 3.73. The molecule has 1 heterocycles. The number of rotatable bonds is 7. The molecule has 2 N–H and O–H groups in total. The Morgan fingerprint density at radius 1 is 1.25 bits per heavy atom. The van der Waals surface area contributed by atoms with Crippen LogP contribution in [0.15, 0.2) is 24.3 Å². The number of aromatic nitrogens is 2. The Kier molecular flexibility index (Phi) is 6.13. The van der Waals surface area contributed by atoms with Crippen LogP contribution in [-0.4, -0.2) is 20.9 Å². The first-order valence-corrected chi connectivity index (χ1v) is 8.53. The number of hydrogen-bond donors (Lipinski definition) is 2. The molecular formula is C19H28FN3O. The van der Waals surface area contributed by atoms with Gasteiger partial charge in [-0.15, -0.1) is 0 Å². The van der Waals surface area contributed by atoms with Crippen LogP contribution >= 0.6 is 0 Å². The van der Waals surface area contributed by atoms with Crippen LogP contribution in [0.4, 0.5) is 4.39 Å². The summed E-state index contributed by atoms with van der Waals surface area (Å²) in [6.45, 7) is 8.32. The average molecular weight is 333 g/mol. The van der Waals surface area contributed by atoms with Crippen molar-refractivity contribution in [2.24, 2.45) is 7.05 Å². The van der Waals surface area contributed by atoms with Crippen LogP contribution in [0.1, 0.15) is 61.3 Å². The quantitative estimate of drug-likeness (QED) is 0.812. The molecule has 3 atom stereocenters. The van der Waals surface area contributed by atoms with Crippen LogP contribution in [0.3, 0.4) is 0 Å². The highest BCUT2D eigenvalue weighted by molar-refractivity contribution is 5.28. The van der Waals surface area contributed by atoms with Gasteiger partial charge in [-0.1, -0.05) is 19.1 Å². The number of hydrogen-bond acceptors (Lipinski definition) is 3. The summed E-state index contributed by atoms with van der Waals surface area (Å²) >= 11 is 0. The molecule has 1 aromatic heterocycles. The number of aliphatic hydroxyl groups excluding tert-OH is 1. The van der Waals surface area contributed by atoms with Gasteiger partial charge in [0, 0.05) is 30.4 Å². The average Bonchev–Trinajstić information content (AvgIpc) is 2.78. The van der Waals surface area contributed by atoms with E-state index in [4.69, 9.17) is 0 Å². The molecule has 0 aliphatic carbocycles. The zero-order valence-electron chi connectivity index (χ0n) is 15.2. The Balaban J connectivity index is 2.04. The highest BCUT2D eigenvalue weighted by Crippen LogP contribution is 2.26. The SMILES string of the molecule is CCC(NC(C)CC(O)c1ccc(F)cc1)c1c(C)nn(C)c1C. The third-order valence-electron chi connectivity index (χ3n) is 4.64. The zero-order valence-corrected chi connectivity index (χ0v) is 15.2. The second-order valence-electron chi connectivity index (χ2n) is 6.54. The van der Waals surface area contributed by atoms with E-state index in [2.05, 4.69) is 31.2 Å². The van der Waals surface area contributed by atoms with E-state index in [-0.39, 0.29) is 17.9 Å². The van der Waals surface area contributed by atoms with Gasteiger partial charge in [0.05, 0.1) is 11.8 Å². The highest BCUT2D eigenvalue weighted by Gasteiger charge is 2.21. The van der Waals surface area contributed by atoms with E-state index in [0.717, 1.165) is 23.4 Å². The summed E-state index contributed by atoms with van der Waals surface area (Å²) in [6.07, 6.45) is 0.909. The van der Waals surface area contributed by atoms with Gasteiger partial charge in [-0.25, -0.2) is 4.39 Å². The van der Waals surface area contributed by atoms with Gasteiger partial charge in [0.25, 0.3) is 0 Å². The van der Waals surface area contributed by atoms with Gasteiger partial charge in [-0.3, -0.25) is 4.68 Å². The van der Waals surface area contributed by atoms with Gasteiger partial charge >= 0.3 is 0 Å². The Morgan fingerprint density at radius 3 is 2.38 bits per heavy atom. The summed E-state index contributed by atoms with van der Waals surface area (Å²) in [5.74, 6) is -0.286. The Bertz CT molecular complexity index is 666. The van der Waals surface area contributed by atoms with Crippen molar-refractivity contribution < 1.29 is 9.50 Å². The number of nitrogens with one attached hydrogen (secondary N) is 1. The lowest BCUT2D eigenvalue weighted by molar-refractivity contribution is 0.151. The summed E-state index contributed by atoms with van der Waals surface area (Å²) in [4.78, 5) is 0. The van der Waals surface area contributed by atoms with E-state index in [1.165, 1.54) is 17.7 Å². The minimum Gasteiger partial charge on any atom is -0.388 e. The second kappa shape index (κ2) is 7.90. The molecule has 4 nitrogen and oxygen atoms in total. The van der Waals surface area contributed by atoms with Crippen molar-refractivity contribution in [3.63, 3.8) is 0 Å². The number of nitrogens with zero attached hydrogens (tertiary/aromatic N) is 2. The van der Waals surface area contributed by atoms with E-state index in [9.17, 15) is 9.50 Å². The molecule has 2 rings (SSSR count). The van der Waals surface area contributed by atoms with Gasteiger partial charge in [0.2, 0.25) is 0 Å². The zero-order chi connectivity index (χ0) is 17.9. The maximum absolute atomic E-state index is 13.0. The predicted molar refractivity (Wildman–Crippen MR) is 94.3 cm³/mol. The van der Waals surface area contributed by atoms with Gasteiger partial charge in [0.15, 0.2) is 0 Å². The molecule has 0 fully saturated rings. The molecule has 0 bridgehead atoms. The molecular weight excluding hydrogens is 305 g/mol. The first kappa shape index (κ1) is 18.6. The topological polar surface area (TPSA) is 50.1 Å². The summed E-state index contributed by atoms with van der Waals surface area (Å²) in [5, 5.41) is 18.5. The van der Waals surface area contributed by atoms with Crippen molar-refractivity contribution in [3.8, 4) is 0 Å². The van der Waals surface area contributed by atoms with E-state index in [1.54, 1.807) is 12.1 Å². The van der Waals surface area contributed by atoms with Crippen molar-refractivity contribution in [1.82, 2.24) is 15.1 Å². The summed E-state index contributed by atoms with van der Waals surface area (Å²) in [5.41, 5.74) is 4.19. The van der Waals surface area contributed by atoms with Gasteiger partial charge in [0.1, 0.15) is 5.82 Å². The fraction of sp³-hybridized carbons (Fsp3) is 0.526. The molecule has 0 saturated heterocycles. The monoisotopic (exact) mass is 333 g/mol. The molecule has 5 heteroatoms. The fourth-order valence-electron chi connectivity index (χ4n) is 3.27. The fourth-order valence-corrected chi connectivity index (χ4v) is 3.27. The maximum Gasteiger partial charge on any atom is 0.123 e. The number of halogens is 1. The summed E-state index contributed by atoms with van der Waals surface area (Å²) < 4.78 is 14.9. The molecule has 0 amide bonds. The maximum atomic E-state index is 13.0. The van der Waals surface area contributed by atoms with Crippen molar-refractivity contribution >= 4 is 0 Å². The molecule has 132 valence electrons. The highest BCUT2D eigenvalue weighted by atomic mass is 19.1. The van der Waals surface area contributed by atoms with E-state index in [0.29, 0.717) is 6.42 Å². The van der Waals surface area contributed by atoms with Gasteiger partial charge in [-0.2, -0.15) is 5.10 Å². The van der Waals surface area contributed by atoms with E-state index in [1.807, 2.05) is 18.7 Å². The molecule has 24 heavy (non-hydrogen) atoms. The first-order chi connectivity index (χ1) is 11.3. The van der Waals surface area contributed by atoms with E-state index < -0.39 is 6.10 Å². The normalized spacial score (nSPS) is 15.3. The summed E-state index contributed by atoms with van der Waals surface area (Å²) in [7, 11) is 1.96. The van der Waals surface area contributed by atoms with Crippen LogP contribution in [0.2, 0.25) is 0 Å². The third-order valence-corrected chi connectivity index (χ3v) is 4.64. The van der Waals surface area contributed by atoms with Crippen LogP contribution in [0.25, 0.3) is 0 Å². The third kappa shape index (κ3) is 4.22. The first-order valence-electron chi connectivity index (χ1n) is 8.53. The van der Waals surface area contributed by atoms with Crippen LogP contribution in [0, 0.1) is 19.7 Å². The Hall–Kier alpha value is -1.72. The molecule has 0 aliphatic rings. The smallest absolute Gasteiger partial charge is 0.123 e. The van der Waals surface area contributed by atoms with Crippen LogP contribution < -0.4 is 5.32 Å². The van der Waals surface area contributed by atoms with Crippen LogP contribution in [-0.2, 0) is 7.05 Å². The van der Waals surface area contributed by atoms with Crippen molar-refractivity contribution in [1.29, 1.82) is 0 Å². The van der Waals surface area contributed by atoms with Crippen LogP contribution in [0.5, 0.6) is 0 Å². The Morgan fingerprint density at radius 2 is 1.88 bits per heavy atom. The van der Waals surface area contributed by atoms with Crippen molar-refractivity contribution in [2.45, 2.75) is 58.7 Å². The lowest BCUT2D eigenvalue weighted by atomic mass is 9.98.